The van der Waals surface area contributed by atoms with E-state index in [2.05, 4.69) is 10.6 Å². The van der Waals surface area contributed by atoms with E-state index < -0.39 is 15.9 Å². The van der Waals surface area contributed by atoms with E-state index in [0.29, 0.717) is 18.8 Å². The van der Waals surface area contributed by atoms with Crippen LogP contribution in [0.1, 0.15) is 34.5 Å². The molecule has 4 rings (SSSR count). The molecule has 0 bridgehead atoms. The van der Waals surface area contributed by atoms with Gasteiger partial charge in [-0.1, -0.05) is 18.6 Å². The van der Waals surface area contributed by atoms with Crippen LogP contribution in [-0.2, 0) is 21.4 Å². The Morgan fingerprint density at radius 1 is 1.13 bits per heavy atom. The van der Waals surface area contributed by atoms with Gasteiger partial charge in [-0.25, -0.2) is 8.42 Å². The largest absolute Gasteiger partial charge is 0.347 e. The molecule has 1 aromatic carbocycles. The van der Waals surface area contributed by atoms with Gasteiger partial charge in [0.2, 0.25) is 15.9 Å². The third-order valence-corrected chi connectivity index (χ3v) is 9.47. The number of hydrogen-bond donors (Lipinski definition) is 2. The van der Waals surface area contributed by atoms with Gasteiger partial charge in [0.25, 0.3) is 5.91 Å². The number of nitrogens with one attached hydrogen (secondary N) is 2. The lowest BCUT2D eigenvalue weighted by molar-refractivity contribution is -0.122. The van der Waals surface area contributed by atoms with Crippen molar-refractivity contribution in [3.63, 3.8) is 0 Å². The smallest absolute Gasteiger partial charge is 0.263 e. The van der Waals surface area contributed by atoms with Crippen LogP contribution in [-0.4, -0.2) is 49.1 Å². The van der Waals surface area contributed by atoms with Gasteiger partial charge in [0.1, 0.15) is 9.77 Å². The fourth-order valence-corrected chi connectivity index (χ4v) is 7.42. The van der Waals surface area contributed by atoms with Crippen molar-refractivity contribution in [1.82, 2.24) is 9.62 Å². The van der Waals surface area contributed by atoms with Crippen molar-refractivity contribution in [2.45, 2.75) is 30.7 Å². The number of rotatable bonds is 7. The standard InChI is InChI=1S/C21H25N3O4S3/c25-20(16-4-2-5-16)23-17-6-1-3-15(13-17)14-22-21(26)19-18(7-10-30-19)31(27,28)24-8-11-29-12-9-24/h1,3,6-7,10,13,16H,2,4-5,8-9,11-12,14H2,(H,22,26)(H,23,25). The van der Waals surface area contributed by atoms with Crippen molar-refractivity contribution in [2.75, 3.05) is 29.9 Å². The van der Waals surface area contributed by atoms with Crippen LogP contribution in [0.25, 0.3) is 0 Å². The van der Waals surface area contributed by atoms with Crippen LogP contribution >= 0.6 is 23.1 Å². The minimum Gasteiger partial charge on any atom is -0.347 e. The van der Waals surface area contributed by atoms with Crippen LogP contribution in [0.4, 0.5) is 5.69 Å². The summed E-state index contributed by atoms with van der Waals surface area (Å²) >= 11 is 2.86. The number of thiophene rings is 1. The van der Waals surface area contributed by atoms with Gasteiger partial charge in [0.15, 0.2) is 0 Å². The van der Waals surface area contributed by atoms with Crippen molar-refractivity contribution < 1.29 is 18.0 Å². The summed E-state index contributed by atoms with van der Waals surface area (Å²) in [7, 11) is -3.68. The lowest BCUT2D eigenvalue weighted by Gasteiger charge is -2.25. The number of benzene rings is 1. The zero-order chi connectivity index (χ0) is 21.8. The second kappa shape index (κ2) is 9.72. The first-order valence-electron chi connectivity index (χ1n) is 10.3. The van der Waals surface area contributed by atoms with Gasteiger partial charge in [0.05, 0.1) is 0 Å². The molecule has 1 aliphatic heterocycles. The Labute approximate surface area is 190 Å². The molecule has 10 heteroatoms. The van der Waals surface area contributed by atoms with Crippen LogP contribution in [0.5, 0.6) is 0 Å². The van der Waals surface area contributed by atoms with Crippen LogP contribution < -0.4 is 10.6 Å². The SMILES string of the molecule is O=C(NCc1cccc(NC(=O)C2CCC2)c1)c1sccc1S(=O)(=O)N1CCSCC1. The molecule has 2 fully saturated rings. The third-order valence-electron chi connectivity index (χ3n) is 5.55. The molecule has 0 unspecified atom stereocenters. The molecule has 1 aliphatic carbocycles. The van der Waals surface area contributed by atoms with Crippen molar-refractivity contribution in [3.8, 4) is 0 Å². The summed E-state index contributed by atoms with van der Waals surface area (Å²) in [5.41, 5.74) is 1.53. The highest BCUT2D eigenvalue weighted by Gasteiger charge is 2.31. The minimum absolute atomic E-state index is 0.0389. The average Bonchev–Trinajstić information content (AvgIpc) is 3.22. The van der Waals surface area contributed by atoms with Gasteiger partial charge in [-0.15, -0.1) is 11.3 Å². The summed E-state index contributed by atoms with van der Waals surface area (Å²) in [5.74, 6) is 1.25. The molecule has 1 saturated heterocycles. The molecule has 0 atom stereocenters. The van der Waals surface area contributed by atoms with Gasteiger partial charge in [-0.05, 0) is 42.0 Å². The predicted octanol–water partition coefficient (Wildman–Crippen LogP) is 3.15. The maximum absolute atomic E-state index is 13.0. The molecule has 2 aliphatic rings. The fraction of sp³-hybridized carbons (Fsp3) is 0.429. The number of carbonyl (C=O) groups excluding carboxylic acids is 2. The Balaban J connectivity index is 1.40. The van der Waals surface area contributed by atoms with E-state index in [4.69, 9.17) is 0 Å². The topological polar surface area (TPSA) is 95.6 Å². The summed E-state index contributed by atoms with van der Waals surface area (Å²) in [6.45, 7) is 1.16. The van der Waals surface area contributed by atoms with E-state index in [9.17, 15) is 18.0 Å². The highest BCUT2D eigenvalue weighted by Crippen LogP contribution is 2.28. The van der Waals surface area contributed by atoms with Crippen LogP contribution in [0.3, 0.4) is 0 Å². The van der Waals surface area contributed by atoms with Crippen molar-refractivity contribution in [1.29, 1.82) is 0 Å². The van der Waals surface area contributed by atoms with E-state index in [1.807, 2.05) is 24.3 Å². The number of carbonyl (C=O) groups is 2. The van der Waals surface area contributed by atoms with Gasteiger partial charge in [0, 0.05) is 42.7 Å². The highest BCUT2D eigenvalue weighted by atomic mass is 32.2. The molecule has 1 saturated carbocycles. The zero-order valence-corrected chi connectivity index (χ0v) is 19.5. The van der Waals surface area contributed by atoms with Gasteiger partial charge in [-0.2, -0.15) is 16.1 Å². The Morgan fingerprint density at radius 3 is 2.61 bits per heavy atom. The van der Waals surface area contributed by atoms with Crippen molar-refractivity contribution in [2.24, 2.45) is 5.92 Å². The molecule has 2 aromatic rings. The molecule has 166 valence electrons. The second-order valence-corrected chi connectivity index (χ2v) is 11.7. The molecular formula is C21H25N3O4S3. The summed E-state index contributed by atoms with van der Waals surface area (Å²) in [5, 5.41) is 7.38. The molecule has 0 spiro atoms. The molecular weight excluding hydrogens is 454 g/mol. The summed E-state index contributed by atoms with van der Waals surface area (Å²) in [4.78, 5) is 25.2. The number of nitrogens with zero attached hydrogens (tertiary/aromatic N) is 1. The number of anilines is 1. The van der Waals surface area contributed by atoms with Gasteiger partial charge >= 0.3 is 0 Å². The zero-order valence-electron chi connectivity index (χ0n) is 17.0. The van der Waals surface area contributed by atoms with E-state index in [-0.39, 0.29) is 28.1 Å². The van der Waals surface area contributed by atoms with Crippen molar-refractivity contribution in [3.05, 3.63) is 46.2 Å². The predicted molar refractivity (Wildman–Crippen MR) is 124 cm³/mol. The molecule has 7 nitrogen and oxygen atoms in total. The molecule has 2 heterocycles. The first-order valence-corrected chi connectivity index (χ1v) is 13.8. The monoisotopic (exact) mass is 479 g/mol. The average molecular weight is 480 g/mol. The van der Waals surface area contributed by atoms with Crippen LogP contribution in [0.15, 0.2) is 40.6 Å². The fourth-order valence-electron chi connectivity index (χ4n) is 3.53. The Hall–Kier alpha value is -1.88. The number of thioether (sulfide) groups is 1. The summed E-state index contributed by atoms with van der Waals surface area (Å²) < 4.78 is 27.4. The van der Waals surface area contributed by atoms with Crippen LogP contribution in [0.2, 0.25) is 0 Å². The molecule has 1 aromatic heterocycles. The Kier molecular flexibility index (Phi) is 7.00. The molecule has 2 N–H and O–H groups in total. The molecule has 0 radical (unpaired) electrons. The minimum atomic E-state index is -3.68. The normalized spacial score (nSPS) is 17.7. The molecule has 31 heavy (non-hydrogen) atoms. The maximum atomic E-state index is 13.0. The number of hydrogen-bond acceptors (Lipinski definition) is 6. The number of sulfonamides is 1. The summed E-state index contributed by atoms with van der Waals surface area (Å²) in [6, 6.07) is 8.84. The lowest BCUT2D eigenvalue weighted by Crippen LogP contribution is -2.38. The maximum Gasteiger partial charge on any atom is 0.263 e. The Morgan fingerprint density at radius 2 is 1.90 bits per heavy atom. The quantitative estimate of drug-likeness (QED) is 0.636. The lowest BCUT2D eigenvalue weighted by atomic mass is 9.85. The summed E-state index contributed by atoms with van der Waals surface area (Å²) in [6.07, 6.45) is 2.97. The second-order valence-electron chi connectivity index (χ2n) is 7.63. The van der Waals surface area contributed by atoms with E-state index in [1.54, 1.807) is 17.1 Å². The Bertz CT molecular complexity index is 1060. The molecule has 2 amide bonds. The van der Waals surface area contributed by atoms with Gasteiger partial charge < -0.3 is 10.6 Å². The van der Waals surface area contributed by atoms with Gasteiger partial charge in [-0.3, -0.25) is 9.59 Å². The number of amides is 2. The third kappa shape index (κ3) is 5.14. The van der Waals surface area contributed by atoms with E-state index in [0.717, 1.165) is 47.7 Å². The highest BCUT2D eigenvalue weighted by molar-refractivity contribution is 7.99. The van der Waals surface area contributed by atoms with Crippen molar-refractivity contribution >= 4 is 50.6 Å². The van der Waals surface area contributed by atoms with E-state index >= 15 is 0 Å². The van der Waals surface area contributed by atoms with E-state index in [1.165, 1.54) is 10.4 Å². The van der Waals surface area contributed by atoms with Crippen LogP contribution in [0, 0.1) is 5.92 Å². The first-order chi connectivity index (χ1) is 14.9. The first kappa shape index (κ1) is 22.3.